The van der Waals surface area contributed by atoms with Crippen LogP contribution >= 0.6 is 0 Å². The highest BCUT2D eigenvalue weighted by Crippen LogP contribution is 2.31. The molecule has 2 heterocycles. The summed E-state index contributed by atoms with van der Waals surface area (Å²) >= 11 is 0. The van der Waals surface area contributed by atoms with E-state index in [2.05, 4.69) is 10.5 Å². The van der Waals surface area contributed by atoms with Gasteiger partial charge in [-0.3, -0.25) is 0 Å². The molecule has 0 saturated heterocycles. The summed E-state index contributed by atoms with van der Waals surface area (Å²) in [5, 5.41) is 14.3. The van der Waals surface area contributed by atoms with Gasteiger partial charge in [-0.1, -0.05) is 17.7 Å². The number of aryl methyl sites for hydroxylation is 2. The molecule has 0 bridgehead atoms. The van der Waals surface area contributed by atoms with Gasteiger partial charge in [-0.2, -0.15) is 5.10 Å². The second kappa shape index (κ2) is 4.46. The zero-order valence-electron chi connectivity index (χ0n) is 11.0. The maximum absolute atomic E-state index is 9.94. The molecule has 1 aromatic heterocycles. The molecule has 0 amide bonds. The first-order valence-corrected chi connectivity index (χ1v) is 6.32. The third kappa shape index (κ3) is 2.21. The van der Waals surface area contributed by atoms with Crippen LogP contribution in [0.5, 0.6) is 5.75 Å². The molecule has 0 saturated carbocycles. The molecule has 0 radical (unpaired) electrons. The Bertz CT molecular complexity index is 643. The van der Waals surface area contributed by atoms with Gasteiger partial charge in [0.25, 0.3) is 0 Å². The number of hydrogen-bond donors (Lipinski definition) is 2. The number of benzene rings is 1. The minimum absolute atomic E-state index is 0.000283. The average molecular weight is 256 g/mol. The first kappa shape index (κ1) is 11.8. The second-order valence-corrected chi connectivity index (χ2v) is 4.92. The molecule has 1 aliphatic heterocycles. The third-order valence-electron chi connectivity index (χ3n) is 3.34. The molecule has 19 heavy (non-hydrogen) atoms. The van der Waals surface area contributed by atoms with Crippen LogP contribution < -0.4 is 5.43 Å². The van der Waals surface area contributed by atoms with Gasteiger partial charge in [-0.15, -0.1) is 0 Å². The molecule has 4 heteroatoms. The highest BCUT2D eigenvalue weighted by atomic mass is 16.3. The molecule has 0 fully saturated rings. The number of hydrazone groups is 1. The Labute approximate surface area is 111 Å². The van der Waals surface area contributed by atoms with Gasteiger partial charge >= 0.3 is 0 Å². The SMILES string of the molecule is Cc1ccc(O)c(C2CC(c3ccc(C)o3)=NN2)c1. The summed E-state index contributed by atoms with van der Waals surface area (Å²) in [6.45, 7) is 3.92. The Balaban J connectivity index is 1.83. The van der Waals surface area contributed by atoms with E-state index in [1.54, 1.807) is 6.07 Å². The summed E-state index contributed by atoms with van der Waals surface area (Å²) in [5.41, 5.74) is 5.95. The maximum atomic E-state index is 9.94. The summed E-state index contributed by atoms with van der Waals surface area (Å²) in [6, 6.07) is 9.45. The fourth-order valence-corrected chi connectivity index (χ4v) is 2.32. The molecular formula is C15H16N2O2. The molecule has 1 unspecified atom stereocenters. The van der Waals surface area contributed by atoms with Crippen LogP contribution in [0.4, 0.5) is 0 Å². The minimum atomic E-state index is 0.000283. The van der Waals surface area contributed by atoms with Gasteiger partial charge in [0.1, 0.15) is 23.0 Å². The quantitative estimate of drug-likeness (QED) is 0.868. The van der Waals surface area contributed by atoms with Crippen LogP contribution in [0.25, 0.3) is 0 Å². The van der Waals surface area contributed by atoms with Crippen LogP contribution in [0.2, 0.25) is 0 Å². The Kier molecular flexibility index (Phi) is 2.78. The summed E-state index contributed by atoms with van der Waals surface area (Å²) in [6.07, 6.45) is 0.712. The van der Waals surface area contributed by atoms with Crippen molar-refractivity contribution in [3.05, 3.63) is 53.0 Å². The summed E-state index contributed by atoms with van der Waals surface area (Å²) in [4.78, 5) is 0. The Morgan fingerprint density at radius 1 is 1.26 bits per heavy atom. The minimum Gasteiger partial charge on any atom is -0.508 e. The van der Waals surface area contributed by atoms with Crippen molar-refractivity contribution in [2.24, 2.45) is 5.10 Å². The molecule has 98 valence electrons. The fraction of sp³-hybridized carbons (Fsp3) is 0.267. The van der Waals surface area contributed by atoms with Gasteiger partial charge in [0, 0.05) is 12.0 Å². The number of nitrogens with one attached hydrogen (secondary N) is 1. The fourth-order valence-electron chi connectivity index (χ4n) is 2.32. The number of nitrogens with zero attached hydrogens (tertiary/aromatic N) is 1. The molecule has 0 aliphatic carbocycles. The molecular weight excluding hydrogens is 240 g/mol. The summed E-state index contributed by atoms with van der Waals surface area (Å²) < 4.78 is 5.57. The first-order chi connectivity index (χ1) is 9.13. The van der Waals surface area contributed by atoms with E-state index in [0.717, 1.165) is 28.4 Å². The summed E-state index contributed by atoms with van der Waals surface area (Å²) in [7, 11) is 0. The number of furan rings is 1. The average Bonchev–Trinajstić information content (AvgIpc) is 3.00. The Morgan fingerprint density at radius 3 is 2.84 bits per heavy atom. The lowest BCUT2D eigenvalue weighted by molar-refractivity contribution is 0.455. The van der Waals surface area contributed by atoms with E-state index in [4.69, 9.17) is 4.42 Å². The molecule has 1 atom stereocenters. The van der Waals surface area contributed by atoms with E-state index >= 15 is 0 Å². The van der Waals surface area contributed by atoms with Gasteiger partial charge < -0.3 is 14.9 Å². The van der Waals surface area contributed by atoms with Gasteiger partial charge in [0.2, 0.25) is 0 Å². The van der Waals surface area contributed by atoms with Crippen molar-refractivity contribution in [3.63, 3.8) is 0 Å². The molecule has 1 aliphatic rings. The van der Waals surface area contributed by atoms with Crippen LogP contribution in [-0.4, -0.2) is 10.8 Å². The van der Waals surface area contributed by atoms with Crippen LogP contribution in [0.1, 0.15) is 35.1 Å². The van der Waals surface area contributed by atoms with E-state index in [1.165, 1.54) is 0 Å². The van der Waals surface area contributed by atoms with Crippen LogP contribution in [0.15, 0.2) is 39.9 Å². The zero-order chi connectivity index (χ0) is 13.4. The molecule has 3 rings (SSSR count). The van der Waals surface area contributed by atoms with Crippen molar-refractivity contribution in [1.82, 2.24) is 5.43 Å². The highest BCUT2D eigenvalue weighted by Gasteiger charge is 2.25. The van der Waals surface area contributed by atoms with Gasteiger partial charge in [0.05, 0.1) is 6.04 Å². The predicted molar refractivity (Wildman–Crippen MR) is 73.3 cm³/mol. The number of hydrogen-bond acceptors (Lipinski definition) is 4. The Morgan fingerprint density at radius 2 is 2.11 bits per heavy atom. The predicted octanol–water partition coefficient (Wildman–Crippen LogP) is 3.04. The molecule has 4 nitrogen and oxygen atoms in total. The van der Waals surface area contributed by atoms with Gasteiger partial charge in [-0.25, -0.2) is 0 Å². The smallest absolute Gasteiger partial charge is 0.150 e. The van der Waals surface area contributed by atoms with Crippen LogP contribution in [0, 0.1) is 13.8 Å². The van der Waals surface area contributed by atoms with Crippen molar-refractivity contribution in [1.29, 1.82) is 0 Å². The lowest BCUT2D eigenvalue weighted by Gasteiger charge is -2.12. The van der Waals surface area contributed by atoms with Gasteiger partial charge in [-0.05, 0) is 32.0 Å². The van der Waals surface area contributed by atoms with Gasteiger partial charge in [0.15, 0.2) is 0 Å². The molecule has 0 spiro atoms. The van der Waals surface area contributed by atoms with Crippen molar-refractivity contribution in [2.75, 3.05) is 0 Å². The Hall–Kier alpha value is -2.23. The van der Waals surface area contributed by atoms with E-state index in [-0.39, 0.29) is 6.04 Å². The lowest BCUT2D eigenvalue weighted by atomic mass is 9.99. The van der Waals surface area contributed by atoms with E-state index in [0.29, 0.717) is 12.2 Å². The highest BCUT2D eigenvalue weighted by molar-refractivity contribution is 5.99. The second-order valence-electron chi connectivity index (χ2n) is 4.92. The van der Waals surface area contributed by atoms with E-state index < -0.39 is 0 Å². The number of aromatic hydroxyl groups is 1. The van der Waals surface area contributed by atoms with Crippen molar-refractivity contribution >= 4 is 5.71 Å². The topological polar surface area (TPSA) is 57.8 Å². The zero-order valence-corrected chi connectivity index (χ0v) is 11.0. The lowest BCUT2D eigenvalue weighted by Crippen LogP contribution is -2.10. The first-order valence-electron chi connectivity index (χ1n) is 6.32. The van der Waals surface area contributed by atoms with Crippen LogP contribution in [-0.2, 0) is 0 Å². The molecule has 1 aromatic carbocycles. The largest absolute Gasteiger partial charge is 0.508 e. The van der Waals surface area contributed by atoms with E-state index in [1.807, 2.05) is 38.1 Å². The molecule has 2 aromatic rings. The monoisotopic (exact) mass is 256 g/mol. The molecule has 2 N–H and O–H groups in total. The number of phenols is 1. The van der Waals surface area contributed by atoms with Crippen LogP contribution in [0.3, 0.4) is 0 Å². The van der Waals surface area contributed by atoms with Crippen molar-refractivity contribution < 1.29 is 9.52 Å². The van der Waals surface area contributed by atoms with Crippen molar-refractivity contribution in [3.8, 4) is 5.75 Å². The third-order valence-corrected chi connectivity index (χ3v) is 3.34. The summed E-state index contributed by atoms with van der Waals surface area (Å²) in [5.74, 6) is 1.97. The normalized spacial score (nSPS) is 18.2. The van der Waals surface area contributed by atoms with Crippen molar-refractivity contribution in [2.45, 2.75) is 26.3 Å². The number of phenolic OH excluding ortho intramolecular Hbond substituents is 1. The standard InChI is InChI=1S/C15H16N2O2/c1-9-3-5-14(18)11(7-9)12-8-13(17-16-12)15-6-4-10(2)19-15/h3-7,12,16,18H,8H2,1-2H3. The van der Waals surface area contributed by atoms with E-state index in [9.17, 15) is 5.11 Å². The maximum Gasteiger partial charge on any atom is 0.150 e. The number of rotatable bonds is 2.